The van der Waals surface area contributed by atoms with Gasteiger partial charge in [0, 0.05) is 0 Å². The molecule has 4 nitrogen and oxygen atoms in total. The fraction of sp³-hybridized carbons (Fsp3) is 0.222. The third kappa shape index (κ3) is 2.66. The molecule has 0 heterocycles. The van der Waals surface area contributed by atoms with Crippen LogP contribution in [0.5, 0.6) is 11.5 Å². The molecule has 0 fully saturated rings. The van der Waals surface area contributed by atoms with Crippen molar-refractivity contribution in [2.45, 2.75) is 0 Å². The molecule has 0 aliphatic heterocycles. The average molecular weight is 182 g/mol. The van der Waals surface area contributed by atoms with Gasteiger partial charge < -0.3 is 14.2 Å². The standard InChI is InChI=1S/C9H10O4/c1-11-7-3-5-8(6-4-7)13-9(10)12-2/h3-6H,1-2H3. The van der Waals surface area contributed by atoms with E-state index in [4.69, 9.17) is 9.47 Å². The largest absolute Gasteiger partial charge is 0.513 e. The van der Waals surface area contributed by atoms with Crippen LogP contribution in [0, 0.1) is 0 Å². The van der Waals surface area contributed by atoms with Crippen molar-refractivity contribution in [1.82, 2.24) is 0 Å². The minimum absolute atomic E-state index is 0.424. The first-order valence-electron chi connectivity index (χ1n) is 3.66. The predicted molar refractivity (Wildman–Crippen MR) is 46.0 cm³/mol. The first-order valence-corrected chi connectivity index (χ1v) is 3.66. The third-order valence-corrected chi connectivity index (χ3v) is 1.43. The Morgan fingerprint density at radius 1 is 1.08 bits per heavy atom. The topological polar surface area (TPSA) is 44.8 Å². The molecule has 0 amide bonds. The number of hydrogen-bond donors (Lipinski definition) is 0. The molecule has 0 atom stereocenters. The van der Waals surface area contributed by atoms with Crippen LogP contribution < -0.4 is 9.47 Å². The van der Waals surface area contributed by atoms with Crippen LogP contribution in [0.15, 0.2) is 24.3 Å². The zero-order valence-corrected chi connectivity index (χ0v) is 7.44. The van der Waals surface area contributed by atoms with E-state index in [0.29, 0.717) is 11.5 Å². The van der Waals surface area contributed by atoms with Crippen LogP contribution in [-0.4, -0.2) is 20.4 Å². The summed E-state index contributed by atoms with van der Waals surface area (Å²) in [6.07, 6.45) is -0.731. The molecule has 0 unspecified atom stereocenters. The second-order valence-corrected chi connectivity index (χ2v) is 2.23. The Kier molecular flexibility index (Phi) is 3.14. The maximum atomic E-state index is 10.7. The maximum Gasteiger partial charge on any atom is 0.513 e. The van der Waals surface area contributed by atoms with E-state index in [2.05, 4.69) is 4.74 Å². The highest BCUT2D eigenvalue weighted by Gasteiger charge is 2.02. The highest BCUT2D eigenvalue weighted by Crippen LogP contribution is 2.17. The van der Waals surface area contributed by atoms with Crippen LogP contribution in [0.2, 0.25) is 0 Å². The Balaban J connectivity index is 2.64. The van der Waals surface area contributed by atoms with Gasteiger partial charge in [0.05, 0.1) is 14.2 Å². The number of rotatable bonds is 2. The molecule has 0 saturated heterocycles. The van der Waals surface area contributed by atoms with Gasteiger partial charge >= 0.3 is 6.16 Å². The van der Waals surface area contributed by atoms with Gasteiger partial charge in [-0.05, 0) is 24.3 Å². The molecule has 0 N–H and O–H groups in total. The molecular formula is C9H10O4. The number of benzene rings is 1. The van der Waals surface area contributed by atoms with Gasteiger partial charge in [-0.1, -0.05) is 0 Å². The van der Waals surface area contributed by atoms with Crippen molar-refractivity contribution in [1.29, 1.82) is 0 Å². The summed E-state index contributed by atoms with van der Waals surface area (Å²) in [5, 5.41) is 0. The Bertz CT molecular complexity index is 278. The molecule has 1 aromatic rings. The number of ether oxygens (including phenoxy) is 3. The van der Waals surface area contributed by atoms with Gasteiger partial charge in [-0.2, -0.15) is 0 Å². The highest BCUT2D eigenvalue weighted by molar-refractivity contribution is 5.63. The smallest absolute Gasteiger partial charge is 0.497 e. The molecule has 70 valence electrons. The molecule has 13 heavy (non-hydrogen) atoms. The number of carbonyl (C=O) groups excluding carboxylic acids is 1. The Morgan fingerprint density at radius 2 is 1.62 bits per heavy atom. The van der Waals surface area contributed by atoms with Gasteiger partial charge in [-0.3, -0.25) is 0 Å². The van der Waals surface area contributed by atoms with E-state index in [1.54, 1.807) is 31.4 Å². The summed E-state index contributed by atoms with van der Waals surface area (Å²) in [6.45, 7) is 0. The normalized spacial score (nSPS) is 9.08. The van der Waals surface area contributed by atoms with E-state index in [9.17, 15) is 4.79 Å². The van der Waals surface area contributed by atoms with Crippen LogP contribution in [0.1, 0.15) is 0 Å². The van der Waals surface area contributed by atoms with Crippen molar-refractivity contribution in [2.75, 3.05) is 14.2 Å². The first kappa shape index (κ1) is 9.38. The lowest BCUT2D eigenvalue weighted by Gasteiger charge is -2.03. The summed E-state index contributed by atoms with van der Waals surface area (Å²) in [5.41, 5.74) is 0. The molecule has 0 saturated carbocycles. The maximum absolute atomic E-state index is 10.7. The lowest BCUT2D eigenvalue weighted by Crippen LogP contribution is -2.06. The summed E-state index contributed by atoms with van der Waals surface area (Å²) in [6, 6.07) is 6.63. The quantitative estimate of drug-likeness (QED) is 0.517. The third-order valence-electron chi connectivity index (χ3n) is 1.43. The lowest BCUT2D eigenvalue weighted by atomic mass is 10.3. The molecule has 4 heteroatoms. The molecule has 1 aromatic carbocycles. The monoisotopic (exact) mass is 182 g/mol. The van der Waals surface area contributed by atoms with Crippen LogP contribution in [0.3, 0.4) is 0 Å². The number of methoxy groups -OCH3 is 2. The summed E-state index contributed by atoms with van der Waals surface area (Å²) in [4.78, 5) is 10.7. The van der Waals surface area contributed by atoms with E-state index in [-0.39, 0.29) is 0 Å². The molecule has 0 aromatic heterocycles. The van der Waals surface area contributed by atoms with Crippen molar-refractivity contribution >= 4 is 6.16 Å². The Morgan fingerprint density at radius 3 is 2.08 bits per heavy atom. The van der Waals surface area contributed by atoms with Gasteiger partial charge in [-0.15, -0.1) is 0 Å². The van der Waals surface area contributed by atoms with E-state index in [1.807, 2.05) is 0 Å². The van der Waals surface area contributed by atoms with Crippen LogP contribution in [0.4, 0.5) is 4.79 Å². The van der Waals surface area contributed by atoms with E-state index < -0.39 is 6.16 Å². The number of carbonyl (C=O) groups is 1. The minimum atomic E-state index is -0.731. The molecular weight excluding hydrogens is 172 g/mol. The minimum Gasteiger partial charge on any atom is -0.497 e. The molecule has 0 bridgehead atoms. The van der Waals surface area contributed by atoms with Crippen molar-refractivity contribution in [3.05, 3.63) is 24.3 Å². The lowest BCUT2D eigenvalue weighted by molar-refractivity contribution is 0.121. The summed E-state index contributed by atoms with van der Waals surface area (Å²) in [5.74, 6) is 1.13. The Hall–Kier alpha value is -1.71. The second kappa shape index (κ2) is 4.35. The molecule has 0 aliphatic carbocycles. The molecule has 0 aliphatic rings. The number of hydrogen-bond acceptors (Lipinski definition) is 4. The van der Waals surface area contributed by atoms with Crippen molar-refractivity contribution in [2.24, 2.45) is 0 Å². The van der Waals surface area contributed by atoms with Gasteiger partial charge in [-0.25, -0.2) is 4.79 Å². The summed E-state index contributed by atoms with van der Waals surface area (Å²) < 4.78 is 14.0. The summed E-state index contributed by atoms with van der Waals surface area (Å²) in [7, 11) is 2.82. The van der Waals surface area contributed by atoms with Gasteiger partial charge in [0.25, 0.3) is 0 Å². The SMILES string of the molecule is COC(=O)Oc1ccc(OC)cc1. The van der Waals surface area contributed by atoms with Gasteiger partial charge in [0.2, 0.25) is 0 Å². The predicted octanol–water partition coefficient (Wildman–Crippen LogP) is 1.84. The average Bonchev–Trinajstić information content (AvgIpc) is 2.19. The summed E-state index contributed by atoms with van der Waals surface area (Å²) >= 11 is 0. The zero-order chi connectivity index (χ0) is 9.68. The molecule has 0 radical (unpaired) electrons. The van der Waals surface area contributed by atoms with Crippen LogP contribution in [0.25, 0.3) is 0 Å². The van der Waals surface area contributed by atoms with Crippen molar-refractivity contribution in [3.63, 3.8) is 0 Å². The molecule has 0 spiro atoms. The van der Waals surface area contributed by atoms with E-state index in [1.165, 1.54) is 7.11 Å². The van der Waals surface area contributed by atoms with Crippen LogP contribution in [-0.2, 0) is 4.74 Å². The highest BCUT2D eigenvalue weighted by atomic mass is 16.7. The van der Waals surface area contributed by atoms with Crippen molar-refractivity contribution < 1.29 is 19.0 Å². The zero-order valence-electron chi connectivity index (χ0n) is 7.44. The van der Waals surface area contributed by atoms with Gasteiger partial charge in [0.15, 0.2) is 0 Å². The first-order chi connectivity index (χ1) is 6.26. The van der Waals surface area contributed by atoms with Gasteiger partial charge in [0.1, 0.15) is 11.5 Å². The van der Waals surface area contributed by atoms with Crippen molar-refractivity contribution in [3.8, 4) is 11.5 Å². The Labute approximate surface area is 76.0 Å². The fourth-order valence-corrected chi connectivity index (χ4v) is 0.782. The fourth-order valence-electron chi connectivity index (χ4n) is 0.782. The molecule has 1 rings (SSSR count). The van der Waals surface area contributed by atoms with Crippen LogP contribution >= 0.6 is 0 Å². The van der Waals surface area contributed by atoms with E-state index in [0.717, 1.165) is 0 Å². The van der Waals surface area contributed by atoms with E-state index >= 15 is 0 Å². The second-order valence-electron chi connectivity index (χ2n) is 2.23.